The number of carbonyl (C=O) groups excluding carboxylic acids is 1. The van der Waals surface area contributed by atoms with E-state index in [9.17, 15) is 4.79 Å². The molecule has 3 N–H and O–H groups in total. The van der Waals surface area contributed by atoms with Crippen LogP contribution in [0.3, 0.4) is 0 Å². The number of amides is 1. The molecular formula is C11H22N2OS. The van der Waals surface area contributed by atoms with E-state index in [0.29, 0.717) is 0 Å². The molecule has 1 rings (SSSR count). The zero-order chi connectivity index (χ0) is 11.3. The zero-order valence-corrected chi connectivity index (χ0v) is 10.5. The highest BCUT2D eigenvalue weighted by atomic mass is 32.2. The van der Waals surface area contributed by atoms with Crippen LogP contribution in [-0.2, 0) is 4.79 Å². The van der Waals surface area contributed by atoms with Crippen LogP contribution < -0.4 is 11.3 Å². The molecule has 4 heteroatoms. The Bertz CT molecular complexity index is 213. The van der Waals surface area contributed by atoms with Gasteiger partial charge in [0, 0.05) is 11.0 Å². The molecule has 3 nitrogen and oxygen atoms in total. The van der Waals surface area contributed by atoms with Gasteiger partial charge in [-0.25, -0.2) is 5.84 Å². The maximum Gasteiger partial charge on any atom is 0.240 e. The molecule has 0 heterocycles. The SMILES string of the molecule is CC(C)(CSC1CCCCC1)C(=O)NN. The molecular weight excluding hydrogens is 208 g/mol. The van der Waals surface area contributed by atoms with Crippen LogP contribution in [0.15, 0.2) is 0 Å². The molecule has 1 amide bonds. The summed E-state index contributed by atoms with van der Waals surface area (Å²) < 4.78 is 0. The number of carbonyl (C=O) groups is 1. The lowest BCUT2D eigenvalue weighted by Gasteiger charge is -2.27. The Kier molecular flexibility index (Phi) is 4.93. The molecule has 0 radical (unpaired) electrons. The van der Waals surface area contributed by atoms with Crippen LogP contribution in [-0.4, -0.2) is 16.9 Å². The number of hydrazine groups is 1. The summed E-state index contributed by atoms with van der Waals surface area (Å²) in [6.07, 6.45) is 6.70. The average Bonchev–Trinajstić information content (AvgIpc) is 2.27. The van der Waals surface area contributed by atoms with Gasteiger partial charge < -0.3 is 0 Å². The lowest BCUT2D eigenvalue weighted by atomic mass is 9.96. The molecule has 1 aliphatic rings. The summed E-state index contributed by atoms with van der Waals surface area (Å²) in [5.41, 5.74) is 1.89. The first-order chi connectivity index (χ1) is 7.06. The fourth-order valence-corrected chi connectivity index (χ4v) is 3.27. The third-order valence-electron chi connectivity index (χ3n) is 2.98. The van der Waals surface area contributed by atoms with E-state index < -0.39 is 0 Å². The highest BCUT2D eigenvalue weighted by molar-refractivity contribution is 7.99. The molecule has 0 bridgehead atoms. The van der Waals surface area contributed by atoms with Crippen LogP contribution >= 0.6 is 11.8 Å². The third-order valence-corrected chi connectivity index (χ3v) is 4.81. The van der Waals surface area contributed by atoms with Gasteiger partial charge >= 0.3 is 0 Å². The van der Waals surface area contributed by atoms with E-state index in [1.807, 2.05) is 25.6 Å². The van der Waals surface area contributed by atoms with Crippen LogP contribution in [0, 0.1) is 5.41 Å². The topological polar surface area (TPSA) is 55.1 Å². The van der Waals surface area contributed by atoms with Gasteiger partial charge in [-0.1, -0.05) is 33.1 Å². The molecule has 0 spiro atoms. The van der Waals surface area contributed by atoms with Crippen molar-refractivity contribution in [2.24, 2.45) is 11.3 Å². The molecule has 0 atom stereocenters. The fraction of sp³-hybridized carbons (Fsp3) is 0.909. The number of thioether (sulfide) groups is 1. The van der Waals surface area contributed by atoms with Gasteiger partial charge in [-0.15, -0.1) is 0 Å². The predicted molar refractivity (Wildman–Crippen MR) is 65.4 cm³/mol. The Morgan fingerprint density at radius 2 is 2.00 bits per heavy atom. The Balaban J connectivity index is 2.31. The molecule has 0 aromatic heterocycles. The third kappa shape index (κ3) is 4.03. The summed E-state index contributed by atoms with van der Waals surface area (Å²) in [6.45, 7) is 3.90. The number of nitrogens with one attached hydrogen (secondary N) is 1. The van der Waals surface area contributed by atoms with Gasteiger partial charge in [0.05, 0.1) is 5.41 Å². The van der Waals surface area contributed by atoms with Crippen molar-refractivity contribution < 1.29 is 4.79 Å². The second-order valence-electron chi connectivity index (χ2n) is 4.93. The highest BCUT2D eigenvalue weighted by Gasteiger charge is 2.28. The Hall–Kier alpha value is -0.220. The molecule has 1 saturated carbocycles. The Morgan fingerprint density at radius 1 is 1.40 bits per heavy atom. The lowest BCUT2D eigenvalue weighted by molar-refractivity contribution is -0.128. The van der Waals surface area contributed by atoms with Crippen LogP contribution in [0.4, 0.5) is 0 Å². The summed E-state index contributed by atoms with van der Waals surface area (Å²) >= 11 is 1.93. The van der Waals surface area contributed by atoms with Crippen molar-refractivity contribution >= 4 is 17.7 Å². The van der Waals surface area contributed by atoms with E-state index in [0.717, 1.165) is 11.0 Å². The summed E-state index contributed by atoms with van der Waals surface area (Å²) in [5.74, 6) is 5.96. The average molecular weight is 230 g/mol. The lowest BCUT2D eigenvalue weighted by Crippen LogP contribution is -2.42. The van der Waals surface area contributed by atoms with Crippen molar-refractivity contribution in [2.45, 2.75) is 51.2 Å². The minimum Gasteiger partial charge on any atom is -0.294 e. The Morgan fingerprint density at radius 3 is 2.53 bits per heavy atom. The van der Waals surface area contributed by atoms with Gasteiger partial charge in [0.15, 0.2) is 0 Å². The molecule has 0 aliphatic heterocycles. The zero-order valence-electron chi connectivity index (χ0n) is 9.71. The summed E-state index contributed by atoms with van der Waals surface area (Å²) in [6, 6.07) is 0. The van der Waals surface area contributed by atoms with Gasteiger partial charge in [-0.2, -0.15) is 11.8 Å². The smallest absolute Gasteiger partial charge is 0.240 e. The van der Waals surface area contributed by atoms with Crippen molar-refractivity contribution in [1.82, 2.24) is 5.43 Å². The fourth-order valence-electron chi connectivity index (χ4n) is 1.82. The van der Waals surface area contributed by atoms with Crippen molar-refractivity contribution in [3.05, 3.63) is 0 Å². The standard InChI is InChI=1S/C11H22N2OS/c1-11(2,10(14)13-12)8-15-9-6-4-3-5-7-9/h9H,3-8,12H2,1-2H3,(H,13,14). The monoisotopic (exact) mass is 230 g/mol. The first-order valence-electron chi connectivity index (χ1n) is 5.69. The molecule has 0 saturated heterocycles. The summed E-state index contributed by atoms with van der Waals surface area (Å²) in [7, 11) is 0. The van der Waals surface area contributed by atoms with E-state index in [1.165, 1.54) is 32.1 Å². The van der Waals surface area contributed by atoms with E-state index in [1.54, 1.807) is 0 Å². The largest absolute Gasteiger partial charge is 0.294 e. The maximum absolute atomic E-state index is 11.5. The van der Waals surface area contributed by atoms with Crippen molar-refractivity contribution in [1.29, 1.82) is 0 Å². The van der Waals surface area contributed by atoms with E-state index >= 15 is 0 Å². The van der Waals surface area contributed by atoms with Crippen LogP contribution in [0.1, 0.15) is 46.0 Å². The minimum absolute atomic E-state index is 0.0641. The minimum atomic E-state index is -0.350. The van der Waals surface area contributed by atoms with Gasteiger partial charge in [0.1, 0.15) is 0 Å². The number of hydrogen-bond donors (Lipinski definition) is 2. The number of hydrogen-bond acceptors (Lipinski definition) is 3. The van der Waals surface area contributed by atoms with E-state index in [2.05, 4.69) is 5.43 Å². The molecule has 1 aliphatic carbocycles. The van der Waals surface area contributed by atoms with E-state index in [-0.39, 0.29) is 11.3 Å². The normalized spacial score (nSPS) is 18.9. The first kappa shape index (κ1) is 12.8. The van der Waals surface area contributed by atoms with E-state index in [4.69, 9.17) is 5.84 Å². The van der Waals surface area contributed by atoms with Gasteiger partial charge in [0.2, 0.25) is 5.91 Å². The van der Waals surface area contributed by atoms with Crippen molar-refractivity contribution in [2.75, 3.05) is 5.75 Å². The number of nitrogens with two attached hydrogens (primary N) is 1. The molecule has 0 unspecified atom stereocenters. The molecule has 0 aromatic carbocycles. The van der Waals surface area contributed by atoms with Gasteiger partial charge in [-0.05, 0) is 12.8 Å². The van der Waals surface area contributed by atoms with Crippen molar-refractivity contribution in [3.8, 4) is 0 Å². The second kappa shape index (κ2) is 5.75. The van der Waals surface area contributed by atoms with Gasteiger partial charge in [0.25, 0.3) is 0 Å². The first-order valence-corrected chi connectivity index (χ1v) is 6.74. The van der Waals surface area contributed by atoms with Crippen molar-refractivity contribution in [3.63, 3.8) is 0 Å². The second-order valence-corrected chi connectivity index (χ2v) is 6.22. The Labute approximate surface area is 96.5 Å². The van der Waals surface area contributed by atoms with Crippen LogP contribution in [0.25, 0.3) is 0 Å². The summed E-state index contributed by atoms with van der Waals surface area (Å²) in [4.78, 5) is 11.5. The maximum atomic E-state index is 11.5. The molecule has 0 aromatic rings. The van der Waals surface area contributed by atoms with Crippen LogP contribution in [0.2, 0.25) is 0 Å². The number of rotatable bonds is 4. The van der Waals surface area contributed by atoms with Gasteiger partial charge in [-0.3, -0.25) is 10.2 Å². The van der Waals surface area contributed by atoms with Crippen LogP contribution in [0.5, 0.6) is 0 Å². The molecule has 88 valence electrons. The molecule has 15 heavy (non-hydrogen) atoms. The summed E-state index contributed by atoms with van der Waals surface area (Å²) in [5, 5.41) is 0.753. The molecule has 1 fully saturated rings. The predicted octanol–water partition coefficient (Wildman–Crippen LogP) is 2.07. The highest BCUT2D eigenvalue weighted by Crippen LogP contribution is 2.32. The quantitative estimate of drug-likeness (QED) is 0.441.